The minimum Gasteiger partial charge on any atom is -0.341 e. The first-order valence-corrected chi connectivity index (χ1v) is 9.76. The van der Waals surface area contributed by atoms with Crippen LogP contribution in [-0.2, 0) is 17.8 Å². The van der Waals surface area contributed by atoms with Gasteiger partial charge in [-0.3, -0.25) is 9.69 Å². The predicted molar refractivity (Wildman–Crippen MR) is 107 cm³/mol. The number of hydrogen-bond acceptors (Lipinski definition) is 2. The van der Waals surface area contributed by atoms with Crippen molar-refractivity contribution in [3.8, 4) is 0 Å². The van der Waals surface area contributed by atoms with Crippen molar-refractivity contribution < 1.29 is 4.79 Å². The zero-order valence-electron chi connectivity index (χ0n) is 15.4. The van der Waals surface area contributed by atoms with Crippen LogP contribution in [0.2, 0.25) is 5.02 Å². The van der Waals surface area contributed by atoms with E-state index in [2.05, 4.69) is 36.2 Å². The molecule has 1 saturated heterocycles. The topological polar surface area (TPSA) is 23.6 Å². The van der Waals surface area contributed by atoms with E-state index in [1.807, 2.05) is 35.2 Å². The highest BCUT2D eigenvalue weighted by Gasteiger charge is 2.26. The fourth-order valence-electron chi connectivity index (χ4n) is 3.60. The molecule has 2 aromatic carbocycles. The van der Waals surface area contributed by atoms with E-state index in [0.717, 1.165) is 49.5 Å². The summed E-state index contributed by atoms with van der Waals surface area (Å²) < 4.78 is 0. The average Bonchev–Trinajstić information content (AvgIpc) is 2.68. The van der Waals surface area contributed by atoms with Gasteiger partial charge in [0.05, 0.1) is 0 Å². The van der Waals surface area contributed by atoms with Gasteiger partial charge in [0, 0.05) is 37.1 Å². The lowest BCUT2D eigenvalue weighted by Gasteiger charge is -2.38. The maximum atomic E-state index is 12.6. The molecule has 1 fully saturated rings. The highest BCUT2D eigenvalue weighted by molar-refractivity contribution is 6.30. The van der Waals surface area contributed by atoms with E-state index in [4.69, 9.17) is 11.6 Å². The quantitative estimate of drug-likeness (QED) is 0.752. The van der Waals surface area contributed by atoms with Crippen molar-refractivity contribution in [1.29, 1.82) is 0 Å². The average molecular weight is 371 g/mol. The molecule has 4 heteroatoms. The van der Waals surface area contributed by atoms with Crippen molar-refractivity contribution >= 4 is 17.5 Å². The molecule has 1 aliphatic heterocycles. The molecule has 2 aromatic rings. The molecule has 1 amide bonds. The normalized spacial score (nSPS) is 17.5. The van der Waals surface area contributed by atoms with E-state index < -0.39 is 0 Å². The van der Waals surface area contributed by atoms with E-state index in [1.54, 1.807) is 0 Å². The highest BCUT2D eigenvalue weighted by Crippen LogP contribution is 2.18. The molecule has 138 valence electrons. The van der Waals surface area contributed by atoms with Gasteiger partial charge in [0.15, 0.2) is 0 Å². The highest BCUT2D eigenvalue weighted by atomic mass is 35.5. The second-order valence-corrected chi connectivity index (χ2v) is 7.60. The maximum Gasteiger partial charge on any atom is 0.222 e. The van der Waals surface area contributed by atoms with Crippen molar-refractivity contribution in [2.75, 3.05) is 20.1 Å². The summed E-state index contributed by atoms with van der Waals surface area (Å²) >= 11 is 5.92. The van der Waals surface area contributed by atoms with Gasteiger partial charge in [0.2, 0.25) is 5.91 Å². The summed E-state index contributed by atoms with van der Waals surface area (Å²) in [6, 6.07) is 18.7. The molecule has 0 aliphatic carbocycles. The van der Waals surface area contributed by atoms with Crippen LogP contribution in [-0.4, -0.2) is 41.9 Å². The lowest BCUT2D eigenvalue weighted by Crippen LogP contribution is -2.48. The fraction of sp³-hybridized carbons (Fsp3) is 0.409. The Balaban J connectivity index is 1.50. The van der Waals surface area contributed by atoms with Gasteiger partial charge in [-0.2, -0.15) is 0 Å². The number of amides is 1. The third-order valence-electron chi connectivity index (χ3n) is 5.19. The lowest BCUT2D eigenvalue weighted by molar-refractivity contribution is -0.133. The summed E-state index contributed by atoms with van der Waals surface area (Å²) in [6.45, 7) is 2.65. The van der Waals surface area contributed by atoms with Crippen LogP contribution in [0.3, 0.4) is 0 Å². The van der Waals surface area contributed by atoms with Crippen LogP contribution in [0.1, 0.15) is 30.4 Å². The molecule has 3 rings (SSSR count). The molecular formula is C22H27ClN2O. The SMILES string of the molecule is CN(Cc1ccccc1)[C@@H]1CCCN(C(=O)CCc2ccc(Cl)cc2)C1. The summed E-state index contributed by atoms with van der Waals surface area (Å²) in [6.07, 6.45) is 3.58. The summed E-state index contributed by atoms with van der Waals surface area (Å²) in [5.41, 5.74) is 2.48. The van der Waals surface area contributed by atoms with E-state index in [-0.39, 0.29) is 5.91 Å². The molecule has 1 aliphatic rings. The van der Waals surface area contributed by atoms with Crippen molar-refractivity contribution in [3.05, 3.63) is 70.7 Å². The van der Waals surface area contributed by atoms with Gasteiger partial charge in [-0.25, -0.2) is 0 Å². The van der Waals surface area contributed by atoms with Gasteiger partial charge in [-0.1, -0.05) is 54.1 Å². The van der Waals surface area contributed by atoms with Gasteiger partial charge in [0.1, 0.15) is 0 Å². The summed E-state index contributed by atoms with van der Waals surface area (Å²) in [7, 11) is 2.17. The molecule has 0 saturated carbocycles. The summed E-state index contributed by atoms with van der Waals surface area (Å²) in [5.74, 6) is 0.262. The largest absolute Gasteiger partial charge is 0.341 e. The van der Waals surface area contributed by atoms with Crippen LogP contribution in [0.5, 0.6) is 0 Å². The molecule has 1 atom stereocenters. The number of halogens is 1. The molecule has 1 heterocycles. The number of piperidine rings is 1. The van der Waals surface area contributed by atoms with Crippen molar-refractivity contribution in [2.45, 2.75) is 38.3 Å². The van der Waals surface area contributed by atoms with E-state index in [1.165, 1.54) is 5.56 Å². The van der Waals surface area contributed by atoms with E-state index in [0.29, 0.717) is 12.5 Å². The number of nitrogens with zero attached hydrogens (tertiary/aromatic N) is 2. The van der Waals surface area contributed by atoms with Crippen molar-refractivity contribution in [3.63, 3.8) is 0 Å². The van der Waals surface area contributed by atoms with Gasteiger partial charge in [-0.15, -0.1) is 0 Å². The maximum absolute atomic E-state index is 12.6. The number of carbonyl (C=O) groups is 1. The number of benzene rings is 2. The molecule has 0 unspecified atom stereocenters. The predicted octanol–water partition coefficient (Wildman–Crippen LogP) is 4.40. The van der Waals surface area contributed by atoms with Crippen molar-refractivity contribution in [1.82, 2.24) is 9.80 Å². The second kappa shape index (κ2) is 9.20. The van der Waals surface area contributed by atoms with Crippen LogP contribution in [0.15, 0.2) is 54.6 Å². The van der Waals surface area contributed by atoms with E-state index >= 15 is 0 Å². The van der Waals surface area contributed by atoms with Crippen LogP contribution in [0.4, 0.5) is 0 Å². The number of hydrogen-bond donors (Lipinski definition) is 0. The number of rotatable bonds is 6. The van der Waals surface area contributed by atoms with Crippen LogP contribution >= 0.6 is 11.6 Å². The number of likely N-dealkylation sites (N-methyl/N-ethyl adjacent to an activating group) is 1. The summed E-state index contributed by atoms with van der Waals surface area (Å²) in [5, 5.41) is 0.736. The molecule has 0 N–H and O–H groups in total. The second-order valence-electron chi connectivity index (χ2n) is 7.16. The Morgan fingerprint density at radius 3 is 2.58 bits per heavy atom. The molecule has 0 radical (unpaired) electrons. The van der Waals surface area contributed by atoms with Gasteiger partial charge < -0.3 is 4.90 Å². The zero-order chi connectivity index (χ0) is 18.4. The van der Waals surface area contributed by atoms with Crippen molar-refractivity contribution in [2.24, 2.45) is 0 Å². The number of likely N-dealkylation sites (tertiary alicyclic amines) is 1. The fourth-order valence-corrected chi connectivity index (χ4v) is 3.73. The Bertz CT molecular complexity index is 702. The Hall–Kier alpha value is -1.84. The first-order chi connectivity index (χ1) is 12.6. The van der Waals surface area contributed by atoms with E-state index in [9.17, 15) is 4.79 Å². The Kier molecular flexibility index (Phi) is 6.70. The molecule has 26 heavy (non-hydrogen) atoms. The summed E-state index contributed by atoms with van der Waals surface area (Å²) in [4.78, 5) is 17.1. The Morgan fingerprint density at radius 2 is 1.85 bits per heavy atom. The van der Waals surface area contributed by atoms with Crippen LogP contribution in [0, 0.1) is 0 Å². The molecular weight excluding hydrogens is 344 g/mol. The number of aryl methyl sites for hydroxylation is 1. The molecule has 0 aromatic heterocycles. The standard InChI is InChI=1S/C22H27ClN2O/c1-24(16-19-6-3-2-4-7-19)21-8-5-15-25(17-21)22(26)14-11-18-9-12-20(23)13-10-18/h2-4,6-7,9-10,12-13,21H,5,8,11,14-17H2,1H3/t21-/m1/s1. The zero-order valence-corrected chi connectivity index (χ0v) is 16.2. The van der Waals surface area contributed by atoms with Gasteiger partial charge in [0.25, 0.3) is 0 Å². The van der Waals surface area contributed by atoms with Crippen LogP contribution in [0.25, 0.3) is 0 Å². The monoisotopic (exact) mass is 370 g/mol. The molecule has 0 spiro atoms. The third kappa shape index (κ3) is 5.33. The minimum atomic E-state index is 0.262. The Morgan fingerprint density at radius 1 is 1.12 bits per heavy atom. The smallest absolute Gasteiger partial charge is 0.222 e. The lowest BCUT2D eigenvalue weighted by atomic mass is 10.0. The first kappa shape index (κ1) is 18.9. The number of carbonyl (C=O) groups excluding carboxylic acids is 1. The Labute approximate surface area is 161 Å². The van der Waals surface area contributed by atoms with Crippen LogP contribution < -0.4 is 0 Å². The first-order valence-electron chi connectivity index (χ1n) is 9.38. The minimum absolute atomic E-state index is 0.262. The molecule has 3 nitrogen and oxygen atoms in total. The third-order valence-corrected chi connectivity index (χ3v) is 5.44. The molecule has 0 bridgehead atoms. The van der Waals surface area contributed by atoms with Gasteiger partial charge >= 0.3 is 0 Å². The van der Waals surface area contributed by atoms with Gasteiger partial charge in [-0.05, 0) is 49.6 Å².